The van der Waals surface area contributed by atoms with Crippen LogP contribution < -0.4 is 10.6 Å². The summed E-state index contributed by atoms with van der Waals surface area (Å²) in [6, 6.07) is 17.2. The molecule has 0 aliphatic heterocycles. The zero-order valence-corrected chi connectivity index (χ0v) is 14.2. The maximum Gasteiger partial charge on any atom is 0.267 e. The smallest absolute Gasteiger partial charge is 0.267 e. The highest BCUT2D eigenvalue weighted by Crippen LogP contribution is 2.25. The van der Waals surface area contributed by atoms with Crippen LogP contribution in [0.5, 0.6) is 0 Å². The van der Waals surface area contributed by atoms with E-state index in [0.29, 0.717) is 16.0 Å². The molecule has 2 aromatic heterocycles. The normalized spacial score (nSPS) is 10.8. The third-order valence-electron chi connectivity index (χ3n) is 3.77. The molecule has 4 rings (SSSR count). The van der Waals surface area contributed by atoms with Crippen LogP contribution in [0, 0.1) is 0 Å². The minimum Gasteiger partial charge on any atom is -0.321 e. The summed E-state index contributed by atoms with van der Waals surface area (Å²) in [5.74, 6) is 0.507. The number of benzene rings is 2. The van der Waals surface area contributed by atoms with E-state index in [-0.39, 0.29) is 5.91 Å². The predicted octanol–water partition coefficient (Wildman–Crippen LogP) is 4.03. The second kappa shape index (κ2) is 6.37. The number of fused-ring (bicyclic) bond motifs is 1. The van der Waals surface area contributed by atoms with Crippen LogP contribution in [0.4, 0.5) is 16.8 Å². The molecule has 1 amide bonds. The Hall–Kier alpha value is -3.19. The molecule has 0 saturated heterocycles. The van der Waals surface area contributed by atoms with E-state index in [4.69, 9.17) is 0 Å². The lowest BCUT2D eigenvalue weighted by Crippen LogP contribution is -2.09. The average Bonchev–Trinajstić information content (AvgIpc) is 3.22. The van der Waals surface area contributed by atoms with Gasteiger partial charge in [-0.2, -0.15) is 0 Å². The van der Waals surface area contributed by atoms with Crippen LogP contribution in [0.1, 0.15) is 9.67 Å². The van der Waals surface area contributed by atoms with Crippen LogP contribution >= 0.6 is 11.3 Å². The number of rotatable bonds is 4. The molecule has 0 saturated carbocycles. The number of hydrogen-bond acceptors (Lipinski definition) is 5. The van der Waals surface area contributed by atoms with Crippen LogP contribution in [-0.4, -0.2) is 20.4 Å². The van der Waals surface area contributed by atoms with Crippen molar-refractivity contribution < 1.29 is 4.79 Å². The lowest BCUT2D eigenvalue weighted by Gasteiger charge is -2.03. The van der Waals surface area contributed by atoms with Gasteiger partial charge < -0.3 is 15.2 Å². The lowest BCUT2D eigenvalue weighted by atomic mass is 10.3. The standard InChI is InChI=1S/C18H15N5OS/c1-23-14-10-6-5-9-13(14)21-17(23)22-18-19-11-15(25-18)16(24)20-12-7-3-2-4-8-12/h2-11H,1H3,(H,20,24)(H,19,21,22). The van der Waals surface area contributed by atoms with Crippen molar-refractivity contribution in [3.05, 3.63) is 65.7 Å². The van der Waals surface area contributed by atoms with Gasteiger partial charge in [-0.15, -0.1) is 0 Å². The van der Waals surface area contributed by atoms with Gasteiger partial charge >= 0.3 is 0 Å². The summed E-state index contributed by atoms with van der Waals surface area (Å²) < 4.78 is 1.96. The number of thiazole rings is 1. The van der Waals surface area contributed by atoms with E-state index < -0.39 is 0 Å². The molecule has 0 bridgehead atoms. The summed E-state index contributed by atoms with van der Waals surface area (Å²) in [6.45, 7) is 0. The number of anilines is 3. The van der Waals surface area contributed by atoms with E-state index in [1.807, 2.05) is 66.2 Å². The molecule has 0 aliphatic carbocycles. The van der Waals surface area contributed by atoms with Gasteiger partial charge in [0.2, 0.25) is 5.95 Å². The number of para-hydroxylation sites is 3. The first-order valence-corrected chi connectivity index (χ1v) is 8.53. The fourth-order valence-electron chi connectivity index (χ4n) is 2.50. The van der Waals surface area contributed by atoms with Crippen molar-refractivity contribution in [1.29, 1.82) is 0 Å². The van der Waals surface area contributed by atoms with Crippen molar-refractivity contribution in [2.45, 2.75) is 0 Å². The Morgan fingerprint density at radius 3 is 2.64 bits per heavy atom. The van der Waals surface area contributed by atoms with E-state index in [9.17, 15) is 4.79 Å². The predicted molar refractivity (Wildman–Crippen MR) is 101 cm³/mol. The number of carbonyl (C=O) groups is 1. The molecule has 2 N–H and O–H groups in total. The Kier molecular flexibility index (Phi) is 3.91. The molecule has 2 aromatic carbocycles. The Balaban J connectivity index is 1.53. The molecule has 6 nitrogen and oxygen atoms in total. The third-order valence-corrected chi connectivity index (χ3v) is 4.68. The molecule has 7 heteroatoms. The number of carbonyl (C=O) groups excluding carboxylic acids is 1. The number of imidazole rings is 1. The maximum absolute atomic E-state index is 12.3. The molecule has 0 aliphatic rings. The van der Waals surface area contributed by atoms with Crippen molar-refractivity contribution in [2.75, 3.05) is 10.6 Å². The fraction of sp³-hybridized carbons (Fsp3) is 0.0556. The van der Waals surface area contributed by atoms with Gasteiger partial charge in [0.05, 0.1) is 17.2 Å². The minimum absolute atomic E-state index is 0.179. The Morgan fingerprint density at radius 1 is 1.08 bits per heavy atom. The first kappa shape index (κ1) is 15.3. The van der Waals surface area contributed by atoms with E-state index in [2.05, 4.69) is 20.6 Å². The van der Waals surface area contributed by atoms with Crippen molar-refractivity contribution >= 4 is 45.0 Å². The molecule has 0 radical (unpaired) electrons. The van der Waals surface area contributed by atoms with Gasteiger partial charge in [-0.25, -0.2) is 9.97 Å². The van der Waals surface area contributed by atoms with Crippen LogP contribution in [0.25, 0.3) is 11.0 Å². The molecule has 4 aromatic rings. The zero-order chi connectivity index (χ0) is 17.2. The lowest BCUT2D eigenvalue weighted by molar-refractivity contribution is 0.103. The molecule has 2 heterocycles. The number of aromatic nitrogens is 3. The van der Waals surface area contributed by atoms with Gasteiger partial charge in [0.25, 0.3) is 5.91 Å². The first-order chi connectivity index (χ1) is 12.2. The molecule has 0 spiro atoms. The maximum atomic E-state index is 12.3. The molecular weight excluding hydrogens is 334 g/mol. The van der Waals surface area contributed by atoms with E-state index in [1.165, 1.54) is 11.3 Å². The summed E-state index contributed by atoms with van der Waals surface area (Å²) >= 11 is 1.29. The monoisotopic (exact) mass is 349 g/mol. The Bertz CT molecular complexity index is 1040. The molecule has 0 unspecified atom stereocenters. The topological polar surface area (TPSA) is 71.8 Å². The van der Waals surface area contributed by atoms with Crippen LogP contribution in [-0.2, 0) is 7.05 Å². The number of hydrogen-bond donors (Lipinski definition) is 2. The molecule has 25 heavy (non-hydrogen) atoms. The third kappa shape index (κ3) is 3.09. The average molecular weight is 349 g/mol. The number of amides is 1. The van der Waals surface area contributed by atoms with E-state index >= 15 is 0 Å². The van der Waals surface area contributed by atoms with Gasteiger partial charge in [-0.3, -0.25) is 4.79 Å². The summed E-state index contributed by atoms with van der Waals surface area (Å²) in [5, 5.41) is 6.65. The Labute approximate surface area is 148 Å². The highest BCUT2D eigenvalue weighted by Gasteiger charge is 2.13. The summed E-state index contributed by atoms with van der Waals surface area (Å²) in [7, 11) is 1.94. The van der Waals surface area contributed by atoms with Crippen molar-refractivity contribution in [3.63, 3.8) is 0 Å². The van der Waals surface area contributed by atoms with Crippen molar-refractivity contribution in [3.8, 4) is 0 Å². The summed E-state index contributed by atoms with van der Waals surface area (Å²) in [5.41, 5.74) is 2.69. The van der Waals surface area contributed by atoms with Gasteiger partial charge in [0.15, 0.2) is 5.13 Å². The van der Waals surface area contributed by atoms with Crippen molar-refractivity contribution in [2.24, 2.45) is 7.05 Å². The number of nitrogens with zero attached hydrogens (tertiary/aromatic N) is 3. The molecule has 124 valence electrons. The summed E-state index contributed by atoms with van der Waals surface area (Å²) in [6.07, 6.45) is 1.56. The number of aryl methyl sites for hydroxylation is 1. The zero-order valence-electron chi connectivity index (χ0n) is 13.4. The quantitative estimate of drug-likeness (QED) is 0.583. The van der Waals surface area contributed by atoms with Gasteiger partial charge in [-0.05, 0) is 24.3 Å². The Morgan fingerprint density at radius 2 is 1.84 bits per heavy atom. The summed E-state index contributed by atoms with van der Waals surface area (Å²) in [4.78, 5) is 21.7. The second-order valence-corrected chi connectivity index (χ2v) is 6.49. The van der Waals surface area contributed by atoms with E-state index in [1.54, 1.807) is 6.20 Å². The minimum atomic E-state index is -0.179. The van der Waals surface area contributed by atoms with Crippen molar-refractivity contribution in [1.82, 2.24) is 14.5 Å². The molecular formula is C18H15N5OS. The SMILES string of the molecule is Cn1c(Nc2ncc(C(=O)Nc3ccccc3)s2)nc2ccccc21. The van der Waals surface area contributed by atoms with E-state index in [0.717, 1.165) is 16.7 Å². The fourth-order valence-corrected chi connectivity index (χ4v) is 3.21. The molecule has 0 fully saturated rings. The van der Waals surface area contributed by atoms with Gasteiger partial charge in [0, 0.05) is 12.7 Å². The highest BCUT2D eigenvalue weighted by molar-refractivity contribution is 7.17. The molecule has 0 atom stereocenters. The van der Waals surface area contributed by atoms with Crippen LogP contribution in [0.2, 0.25) is 0 Å². The van der Waals surface area contributed by atoms with Crippen LogP contribution in [0.3, 0.4) is 0 Å². The largest absolute Gasteiger partial charge is 0.321 e. The van der Waals surface area contributed by atoms with Gasteiger partial charge in [-0.1, -0.05) is 41.7 Å². The first-order valence-electron chi connectivity index (χ1n) is 7.71. The van der Waals surface area contributed by atoms with Gasteiger partial charge in [0.1, 0.15) is 4.88 Å². The number of nitrogens with one attached hydrogen (secondary N) is 2. The second-order valence-electron chi connectivity index (χ2n) is 5.46. The van der Waals surface area contributed by atoms with Crippen LogP contribution in [0.15, 0.2) is 60.8 Å². The highest BCUT2D eigenvalue weighted by atomic mass is 32.1.